The van der Waals surface area contributed by atoms with Gasteiger partial charge < -0.3 is 24.8 Å². The molecule has 2 amide bonds. The van der Waals surface area contributed by atoms with Crippen LogP contribution >= 0.6 is 0 Å². The van der Waals surface area contributed by atoms with E-state index in [4.69, 9.17) is 14.6 Å². The average Bonchev–Trinajstić information content (AvgIpc) is 2.37. The van der Waals surface area contributed by atoms with E-state index in [-0.39, 0.29) is 18.5 Å². The van der Waals surface area contributed by atoms with Gasteiger partial charge in [0.05, 0.1) is 19.8 Å². The van der Waals surface area contributed by atoms with Gasteiger partial charge in [0.25, 0.3) is 0 Å². The molecule has 0 heterocycles. The number of amides is 2. The van der Waals surface area contributed by atoms with Crippen molar-refractivity contribution in [1.29, 1.82) is 0 Å². The van der Waals surface area contributed by atoms with Crippen LogP contribution in [0.4, 0.5) is 4.79 Å². The van der Waals surface area contributed by atoms with Gasteiger partial charge in [-0.2, -0.15) is 0 Å². The van der Waals surface area contributed by atoms with Gasteiger partial charge in [-0.3, -0.25) is 4.79 Å². The summed E-state index contributed by atoms with van der Waals surface area (Å²) in [6, 6.07) is -0.168. The Morgan fingerprint density at radius 2 is 1.95 bits per heavy atom. The van der Waals surface area contributed by atoms with Gasteiger partial charge >= 0.3 is 12.0 Å². The van der Waals surface area contributed by atoms with Crippen LogP contribution in [0.25, 0.3) is 0 Å². The van der Waals surface area contributed by atoms with E-state index in [2.05, 4.69) is 5.32 Å². The highest BCUT2D eigenvalue weighted by atomic mass is 16.5. The lowest BCUT2D eigenvalue weighted by Crippen LogP contribution is -2.45. The Morgan fingerprint density at radius 1 is 1.25 bits per heavy atom. The van der Waals surface area contributed by atoms with Crippen molar-refractivity contribution in [1.82, 2.24) is 10.2 Å². The maximum absolute atomic E-state index is 11.9. The molecule has 0 spiro atoms. The summed E-state index contributed by atoms with van der Waals surface area (Å²) in [6.07, 6.45) is 0.516. The Balaban J connectivity index is 3.88. The van der Waals surface area contributed by atoms with Gasteiger partial charge in [-0.25, -0.2) is 4.79 Å². The van der Waals surface area contributed by atoms with Crippen LogP contribution in [0, 0.1) is 0 Å². The first-order chi connectivity index (χ1) is 9.49. The third-order valence-electron chi connectivity index (χ3n) is 2.63. The number of hydrogen-bond donors (Lipinski definition) is 2. The molecule has 0 aromatic heterocycles. The molecule has 0 fully saturated rings. The fraction of sp³-hybridized carbons (Fsp3) is 0.846. The van der Waals surface area contributed by atoms with Crippen molar-refractivity contribution >= 4 is 12.0 Å². The first-order valence-corrected chi connectivity index (χ1v) is 6.82. The van der Waals surface area contributed by atoms with Crippen LogP contribution < -0.4 is 5.32 Å². The fourth-order valence-electron chi connectivity index (χ4n) is 1.57. The highest BCUT2D eigenvalue weighted by Gasteiger charge is 2.16. The molecule has 2 N–H and O–H groups in total. The van der Waals surface area contributed by atoms with Crippen molar-refractivity contribution in [3.8, 4) is 0 Å². The van der Waals surface area contributed by atoms with E-state index < -0.39 is 5.97 Å². The maximum Gasteiger partial charge on any atom is 0.317 e. The highest BCUT2D eigenvalue weighted by Crippen LogP contribution is 2.02. The first-order valence-electron chi connectivity index (χ1n) is 6.82. The van der Waals surface area contributed by atoms with E-state index in [1.807, 2.05) is 13.8 Å². The molecule has 0 aliphatic rings. The van der Waals surface area contributed by atoms with Crippen LogP contribution in [0.15, 0.2) is 0 Å². The molecule has 7 nitrogen and oxygen atoms in total. The number of nitrogens with one attached hydrogen (secondary N) is 1. The summed E-state index contributed by atoms with van der Waals surface area (Å²) in [6.45, 7) is 6.10. The summed E-state index contributed by atoms with van der Waals surface area (Å²) >= 11 is 0. The van der Waals surface area contributed by atoms with Crippen molar-refractivity contribution < 1.29 is 24.2 Å². The zero-order valence-electron chi connectivity index (χ0n) is 12.6. The molecule has 0 saturated carbocycles. The molecule has 20 heavy (non-hydrogen) atoms. The minimum atomic E-state index is -0.847. The first kappa shape index (κ1) is 18.7. The van der Waals surface area contributed by atoms with Gasteiger partial charge in [-0.1, -0.05) is 0 Å². The minimum absolute atomic E-state index is 0.0261. The number of aliphatic carboxylic acids is 1. The average molecular weight is 290 g/mol. The predicted molar refractivity (Wildman–Crippen MR) is 74.8 cm³/mol. The molecule has 0 aliphatic heterocycles. The Bertz CT molecular complexity index is 284. The molecule has 0 rings (SSSR count). The van der Waals surface area contributed by atoms with Crippen molar-refractivity contribution in [3.63, 3.8) is 0 Å². The summed E-state index contributed by atoms with van der Waals surface area (Å²) in [5.74, 6) is -0.847. The molecule has 0 unspecified atom stereocenters. The fourth-order valence-corrected chi connectivity index (χ4v) is 1.57. The molecule has 0 atom stereocenters. The molecule has 7 heteroatoms. The summed E-state index contributed by atoms with van der Waals surface area (Å²) in [4.78, 5) is 24.0. The normalized spacial score (nSPS) is 10.6. The molecule has 0 aliphatic carbocycles. The quantitative estimate of drug-likeness (QED) is 0.553. The molecule has 0 aromatic carbocycles. The standard InChI is InChI=1S/C13H26N2O5/c1-11(2)15(7-4-5-12(16)17)13(18)14-6-8-20-10-9-19-3/h11H,4-10H2,1-3H3,(H,14,18)(H,16,17). The largest absolute Gasteiger partial charge is 0.481 e. The predicted octanol–water partition coefficient (Wildman–Crippen LogP) is 0.934. The molecular weight excluding hydrogens is 264 g/mol. The summed E-state index contributed by atoms with van der Waals surface area (Å²) < 4.78 is 10.1. The van der Waals surface area contributed by atoms with Gasteiger partial charge in [0, 0.05) is 32.7 Å². The molecule has 118 valence electrons. The topological polar surface area (TPSA) is 88.1 Å². The lowest BCUT2D eigenvalue weighted by molar-refractivity contribution is -0.137. The number of carboxylic acid groups (broad SMARTS) is 1. The van der Waals surface area contributed by atoms with Gasteiger partial charge in [0.2, 0.25) is 0 Å². The number of rotatable bonds is 11. The molecule has 0 bridgehead atoms. The summed E-state index contributed by atoms with van der Waals surface area (Å²) in [5, 5.41) is 11.4. The van der Waals surface area contributed by atoms with Crippen LogP contribution in [0.1, 0.15) is 26.7 Å². The van der Waals surface area contributed by atoms with Crippen LogP contribution in [0.3, 0.4) is 0 Å². The van der Waals surface area contributed by atoms with Crippen molar-refractivity contribution in [2.24, 2.45) is 0 Å². The van der Waals surface area contributed by atoms with Gasteiger partial charge in [0.15, 0.2) is 0 Å². The van der Waals surface area contributed by atoms with Crippen LogP contribution in [-0.2, 0) is 14.3 Å². The number of nitrogens with zero attached hydrogens (tertiary/aromatic N) is 1. The number of methoxy groups -OCH3 is 1. The maximum atomic E-state index is 11.9. The summed E-state index contributed by atoms with van der Waals surface area (Å²) in [7, 11) is 1.60. The Hall–Kier alpha value is -1.34. The van der Waals surface area contributed by atoms with Crippen molar-refractivity contribution in [2.45, 2.75) is 32.7 Å². The van der Waals surface area contributed by atoms with Crippen molar-refractivity contribution in [2.75, 3.05) is 40.0 Å². The van der Waals surface area contributed by atoms with E-state index in [1.54, 1.807) is 12.0 Å². The van der Waals surface area contributed by atoms with Gasteiger partial charge in [-0.15, -0.1) is 0 Å². The Kier molecular flexibility index (Phi) is 10.7. The second-order valence-corrected chi connectivity index (χ2v) is 4.62. The van der Waals surface area contributed by atoms with E-state index in [0.717, 1.165) is 0 Å². The molecule has 0 saturated heterocycles. The lowest BCUT2D eigenvalue weighted by atomic mass is 10.2. The SMILES string of the molecule is COCCOCCNC(=O)N(CCCC(=O)O)C(C)C. The monoisotopic (exact) mass is 290 g/mol. The van der Waals surface area contributed by atoms with Gasteiger partial charge in [-0.05, 0) is 20.3 Å². The minimum Gasteiger partial charge on any atom is -0.481 e. The molecule has 0 radical (unpaired) electrons. The Labute approximate surface area is 120 Å². The smallest absolute Gasteiger partial charge is 0.317 e. The number of carbonyl (C=O) groups is 2. The van der Waals surface area contributed by atoms with Crippen LogP contribution in [-0.4, -0.2) is 68.1 Å². The third-order valence-corrected chi connectivity index (χ3v) is 2.63. The number of urea groups is 1. The number of carboxylic acids is 1. The zero-order valence-corrected chi connectivity index (χ0v) is 12.6. The third kappa shape index (κ3) is 9.57. The second kappa shape index (κ2) is 11.5. The lowest BCUT2D eigenvalue weighted by Gasteiger charge is -2.26. The number of hydrogen-bond acceptors (Lipinski definition) is 4. The Morgan fingerprint density at radius 3 is 2.50 bits per heavy atom. The van der Waals surface area contributed by atoms with E-state index >= 15 is 0 Å². The van der Waals surface area contributed by atoms with E-state index in [0.29, 0.717) is 39.3 Å². The number of carbonyl (C=O) groups excluding carboxylic acids is 1. The number of ether oxygens (including phenoxy) is 2. The van der Waals surface area contributed by atoms with Crippen molar-refractivity contribution in [3.05, 3.63) is 0 Å². The zero-order chi connectivity index (χ0) is 15.4. The van der Waals surface area contributed by atoms with E-state index in [9.17, 15) is 9.59 Å². The van der Waals surface area contributed by atoms with Gasteiger partial charge in [0.1, 0.15) is 0 Å². The highest BCUT2D eigenvalue weighted by molar-refractivity contribution is 5.74. The summed E-state index contributed by atoms with van der Waals surface area (Å²) in [5.41, 5.74) is 0. The van der Waals surface area contributed by atoms with Crippen LogP contribution in [0.2, 0.25) is 0 Å². The second-order valence-electron chi connectivity index (χ2n) is 4.62. The van der Waals surface area contributed by atoms with E-state index in [1.165, 1.54) is 0 Å². The molecular formula is C13H26N2O5. The molecule has 0 aromatic rings. The van der Waals surface area contributed by atoms with Crippen LogP contribution in [0.5, 0.6) is 0 Å².